The standard InChI is InChI=1S/C39H34N2O/c1-25-21-28(26-17-19-39(2,3)20-18-26)15-16-30(25)35-22-36(41-24-29(35)23-40)34-14-8-13-33-32-12-7-11-31(37(32)42-38(33)34)27-9-5-4-6-10-27/h4-16,21-22,24,26H,17-20H2,1-3H3/i1D3,16D,26D. The van der Waals surface area contributed by atoms with Crippen molar-refractivity contribution in [2.24, 2.45) is 5.41 Å². The molecule has 4 aromatic carbocycles. The van der Waals surface area contributed by atoms with Gasteiger partial charge in [0.1, 0.15) is 17.2 Å². The highest BCUT2D eigenvalue weighted by atomic mass is 16.3. The highest BCUT2D eigenvalue weighted by Crippen LogP contribution is 2.44. The van der Waals surface area contributed by atoms with E-state index in [1.54, 1.807) is 18.2 Å². The van der Waals surface area contributed by atoms with Crippen LogP contribution in [0.15, 0.2) is 102 Å². The van der Waals surface area contributed by atoms with E-state index >= 15 is 0 Å². The van der Waals surface area contributed by atoms with Crippen LogP contribution in [0.25, 0.3) is 55.4 Å². The van der Waals surface area contributed by atoms with E-state index in [4.69, 9.17) is 9.90 Å². The van der Waals surface area contributed by atoms with Crippen molar-refractivity contribution in [2.45, 2.75) is 52.3 Å². The Hall–Kier alpha value is -4.68. The van der Waals surface area contributed by atoms with Gasteiger partial charge in [-0.15, -0.1) is 0 Å². The largest absolute Gasteiger partial charge is 0.455 e. The first-order chi connectivity index (χ1) is 22.4. The monoisotopic (exact) mass is 551 g/mol. The molecule has 6 aromatic rings. The van der Waals surface area contributed by atoms with Gasteiger partial charge in [-0.3, -0.25) is 4.98 Å². The fourth-order valence-corrected chi connectivity index (χ4v) is 6.21. The highest BCUT2D eigenvalue weighted by Gasteiger charge is 2.28. The summed E-state index contributed by atoms with van der Waals surface area (Å²) in [5, 5.41) is 12.0. The number of nitrogens with zero attached hydrogens (tertiary/aromatic N) is 2. The van der Waals surface area contributed by atoms with Crippen molar-refractivity contribution >= 4 is 21.9 Å². The fourth-order valence-electron chi connectivity index (χ4n) is 6.21. The number of furan rings is 1. The van der Waals surface area contributed by atoms with Gasteiger partial charge in [0.2, 0.25) is 0 Å². The molecular formula is C39H34N2O. The second-order valence-electron chi connectivity index (χ2n) is 12.0. The molecule has 0 saturated heterocycles. The molecule has 1 fully saturated rings. The van der Waals surface area contributed by atoms with E-state index in [1.165, 1.54) is 6.20 Å². The average Bonchev–Trinajstić information content (AvgIpc) is 3.45. The van der Waals surface area contributed by atoms with Gasteiger partial charge in [0, 0.05) is 39.1 Å². The molecule has 0 atom stereocenters. The molecule has 0 unspecified atom stereocenters. The number of hydrogen-bond acceptors (Lipinski definition) is 3. The van der Waals surface area contributed by atoms with E-state index in [2.05, 4.69) is 24.9 Å². The van der Waals surface area contributed by atoms with Crippen LogP contribution in [-0.2, 0) is 0 Å². The second-order valence-corrected chi connectivity index (χ2v) is 12.0. The maximum absolute atomic E-state index is 10.1. The van der Waals surface area contributed by atoms with Crippen molar-refractivity contribution in [3.05, 3.63) is 114 Å². The molecule has 1 aliphatic carbocycles. The van der Waals surface area contributed by atoms with Crippen LogP contribution in [0.2, 0.25) is 0 Å². The highest BCUT2D eigenvalue weighted by molar-refractivity contribution is 6.12. The number of fused-ring (bicyclic) bond motifs is 3. The second kappa shape index (κ2) is 10.3. The Balaban J connectivity index is 1.40. The van der Waals surface area contributed by atoms with Gasteiger partial charge in [0.25, 0.3) is 0 Å². The van der Waals surface area contributed by atoms with Gasteiger partial charge in [-0.05, 0) is 78.2 Å². The molecule has 0 spiro atoms. The lowest BCUT2D eigenvalue weighted by Gasteiger charge is -2.34. The van der Waals surface area contributed by atoms with Crippen LogP contribution in [-0.4, -0.2) is 4.98 Å². The summed E-state index contributed by atoms with van der Waals surface area (Å²) in [7, 11) is 0. The Morgan fingerprint density at radius 2 is 1.60 bits per heavy atom. The normalized spacial score (nSPS) is 18.0. The first kappa shape index (κ1) is 21.1. The summed E-state index contributed by atoms with van der Waals surface area (Å²) in [6, 6.07) is 29.0. The van der Waals surface area contributed by atoms with E-state index in [-0.39, 0.29) is 28.1 Å². The van der Waals surface area contributed by atoms with Crippen LogP contribution in [0.5, 0.6) is 0 Å². The third kappa shape index (κ3) is 4.58. The maximum atomic E-state index is 10.1. The summed E-state index contributed by atoms with van der Waals surface area (Å²) in [6.07, 6.45) is 4.32. The third-order valence-electron chi connectivity index (χ3n) is 8.74. The number of pyridine rings is 1. The Morgan fingerprint density at radius 1 is 0.881 bits per heavy atom. The van der Waals surface area contributed by atoms with Crippen LogP contribution in [0.1, 0.15) is 69.0 Å². The summed E-state index contributed by atoms with van der Waals surface area (Å²) in [5.74, 6) is -0.971. The lowest BCUT2D eigenvalue weighted by molar-refractivity contribution is 0.224. The van der Waals surface area contributed by atoms with Crippen molar-refractivity contribution in [2.75, 3.05) is 0 Å². The third-order valence-corrected chi connectivity index (χ3v) is 8.74. The SMILES string of the molecule is [2H]c1cc(C2([2H])CCC(C)(C)CC2)cc(C([2H])([2H])[2H])c1-c1cc(-c2cccc3c2oc2c(-c4ccccc4)cccc23)ncc1C#N. The zero-order valence-electron chi connectivity index (χ0n) is 28.8. The number of benzene rings is 4. The number of hydrogen-bond donors (Lipinski definition) is 0. The average molecular weight is 552 g/mol. The Bertz CT molecular complexity index is 2200. The zero-order valence-corrected chi connectivity index (χ0v) is 23.8. The van der Waals surface area contributed by atoms with Crippen molar-refractivity contribution in [1.29, 1.82) is 5.26 Å². The molecule has 7 rings (SSSR count). The summed E-state index contributed by atoms with van der Waals surface area (Å²) < 4.78 is 50.4. The minimum absolute atomic E-state index is 0.0202. The van der Waals surface area contributed by atoms with Gasteiger partial charge in [0.05, 0.1) is 12.6 Å². The van der Waals surface area contributed by atoms with E-state index in [0.29, 0.717) is 40.8 Å². The summed E-state index contributed by atoms with van der Waals surface area (Å²) in [4.78, 5) is 4.63. The van der Waals surface area contributed by atoms with Crippen molar-refractivity contribution in [3.8, 4) is 39.6 Å². The minimum atomic E-state index is -2.58. The molecule has 0 amide bonds. The van der Waals surface area contributed by atoms with Crippen molar-refractivity contribution in [1.82, 2.24) is 4.98 Å². The predicted octanol–water partition coefficient (Wildman–Crippen LogP) is 10.8. The number of aromatic nitrogens is 1. The van der Waals surface area contributed by atoms with Crippen LogP contribution < -0.4 is 0 Å². The molecule has 0 N–H and O–H groups in total. The van der Waals surface area contributed by atoms with Gasteiger partial charge in [-0.2, -0.15) is 5.26 Å². The van der Waals surface area contributed by atoms with Gasteiger partial charge >= 0.3 is 0 Å². The first-order valence-corrected chi connectivity index (χ1v) is 14.4. The molecule has 3 nitrogen and oxygen atoms in total. The molecule has 3 heteroatoms. The minimum Gasteiger partial charge on any atom is -0.455 e. The summed E-state index contributed by atoms with van der Waals surface area (Å²) in [5.41, 5.74) is 5.86. The zero-order chi connectivity index (χ0) is 33.1. The number of rotatable bonds is 4. The van der Waals surface area contributed by atoms with Crippen LogP contribution in [0, 0.1) is 23.6 Å². The molecule has 0 radical (unpaired) electrons. The van der Waals surface area contributed by atoms with Gasteiger partial charge < -0.3 is 4.42 Å². The summed E-state index contributed by atoms with van der Waals surface area (Å²) >= 11 is 0. The van der Waals surface area contributed by atoms with E-state index in [9.17, 15) is 6.63 Å². The smallest absolute Gasteiger partial charge is 0.144 e. The first-order valence-electron chi connectivity index (χ1n) is 16.9. The van der Waals surface area contributed by atoms with Crippen LogP contribution in [0.4, 0.5) is 0 Å². The lowest BCUT2D eigenvalue weighted by atomic mass is 9.71. The molecule has 206 valence electrons. The molecule has 42 heavy (non-hydrogen) atoms. The number of para-hydroxylation sites is 2. The molecule has 2 heterocycles. The van der Waals surface area contributed by atoms with E-state index < -0.39 is 12.7 Å². The molecule has 2 aromatic heterocycles. The Morgan fingerprint density at radius 3 is 2.31 bits per heavy atom. The molecule has 1 aliphatic rings. The lowest BCUT2D eigenvalue weighted by Crippen LogP contribution is -2.20. The fraction of sp³-hybridized carbons (Fsp3) is 0.231. The molecule has 0 aliphatic heterocycles. The molecular weight excluding hydrogens is 512 g/mol. The summed E-state index contributed by atoms with van der Waals surface area (Å²) in [6.45, 7) is 1.81. The van der Waals surface area contributed by atoms with Gasteiger partial charge in [-0.25, -0.2) is 0 Å². The maximum Gasteiger partial charge on any atom is 0.144 e. The van der Waals surface area contributed by atoms with E-state index in [1.807, 2.05) is 66.7 Å². The number of aryl methyl sites for hydroxylation is 1. The Kier molecular flexibility index (Phi) is 5.17. The van der Waals surface area contributed by atoms with Crippen molar-refractivity contribution in [3.63, 3.8) is 0 Å². The van der Waals surface area contributed by atoms with Gasteiger partial charge in [0.15, 0.2) is 0 Å². The van der Waals surface area contributed by atoms with Crippen LogP contribution >= 0.6 is 0 Å². The predicted molar refractivity (Wildman–Crippen MR) is 172 cm³/mol. The van der Waals surface area contributed by atoms with Crippen molar-refractivity contribution < 1.29 is 11.3 Å². The van der Waals surface area contributed by atoms with Crippen LogP contribution in [0.3, 0.4) is 0 Å². The molecule has 0 bridgehead atoms. The Labute approximate surface area is 254 Å². The molecule has 1 saturated carbocycles. The van der Waals surface area contributed by atoms with E-state index in [0.717, 1.165) is 40.3 Å². The quantitative estimate of drug-likeness (QED) is 0.219. The number of nitriles is 1. The van der Waals surface area contributed by atoms with Gasteiger partial charge in [-0.1, -0.05) is 92.7 Å². The topological polar surface area (TPSA) is 49.8 Å².